The third-order valence-corrected chi connectivity index (χ3v) is 5.25. The molecule has 0 unspecified atom stereocenters. The summed E-state index contributed by atoms with van der Waals surface area (Å²) >= 11 is 0. The van der Waals surface area contributed by atoms with Gasteiger partial charge in [-0.2, -0.15) is 0 Å². The number of nitrogens with zero attached hydrogens (tertiary/aromatic N) is 4. The van der Waals surface area contributed by atoms with Crippen molar-refractivity contribution in [2.45, 2.75) is 34.2 Å². The Morgan fingerprint density at radius 2 is 1.85 bits per heavy atom. The largest absolute Gasteiger partial charge is 0.354 e. The molecule has 33 heavy (non-hydrogen) atoms. The molecule has 0 radical (unpaired) electrons. The first kappa shape index (κ1) is 22.5. The van der Waals surface area contributed by atoms with Crippen LogP contribution >= 0.6 is 0 Å². The Bertz CT molecular complexity index is 1290. The summed E-state index contributed by atoms with van der Waals surface area (Å²) < 4.78 is 2.09. The number of aromatic nitrogens is 4. The highest BCUT2D eigenvalue weighted by Crippen LogP contribution is 2.32. The molecule has 3 aromatic heterocycles. The van der Waals surface area contributed by atoms with E-state index in [1.54, 1.807) is 6.20 Å². The topological polar surface area (TPSA) is 67.1 Å². The van der Waals surface area contributed by atoms with Gasteiger partial charge in [0.1, 0.15) is 5.65 Å². The fourth-order valence-corrected chi connectivity index (χ4v) is 3.55. The molecule has 3 heterocycles. The van der Waals surface area contributed by atoms with Gasteiger partial charge in [0.05, 0.1) is 23.6 Å². The van der Waals surface area contributed by atoms with E-state index in [1.165, 1.54) is 5.56 Å². The molecule has 1 aromatic carbocycles. The number of hydrogen-bond donors (Lipinski definition) is 2. The van der Waals surface area contributed by atoms with Gasteiger partial charge in [-0.3, -0.25) is 4.40 Å². The Labute approximate surface area is 195 Å². The van der Waals surface area contributed by atoms with Gasteiger partial charge in [-0.05, 0) is 36.1 Å². The lowest BCUT2D eigenvalue weighted by Crippen LogP contribution is -2.20. The predicted molar refractivity (Wildman–Crippen MR) is 135 cm³/mol. The highest BCUT2D eigenvalue weighted by atomic mass is 15.1. The Kier molecular flexibility index (Phi) is 6.43. The Balaban J connectivity index is 1.80. The van der Waals surface area contributed by atoms with E-state index in [0.717, 1.165) is 40.4 Å². The first-order valence-electron chi connectivity index (χ1n) is 11.1. The van der Waals surface area contributed by atoms with Crippen LogP contribution in [0.3, 0.4) is 0 Å². The number of anilines is 1. The van der Waals surface area contributed by atoms with Gasteiger partial charge in [0.25, 0.3) is 0 Å². The number of hydrogen-bond acceptors (Lipinski definition) is 5. The number of aryl methyl sites for hydroxylation is 1. The summed E-state index contributed by atoms with van der Waals surface area (Å²) in [4.78, 5) is 14.3. The van der Waals surface area contributed by atoms with E-state index in [2.05, 4.69) is 90.0 Å². The van der Waals surface area contributed by atoms with E-state index in [0.29, 0.717) is 19.0 Å². The number of pyridine rings is 1. The summed E-state index contributed by atoms with van der Waals surface area (Å²) in [7, 11) is 0. The van der Waals surface area contributed by atoms with E-state index >= 15 is 0 Å². The van der Waals surface area contributed by atoms with Crippen LogP contribution in [0, 0.1) is 24.7 Å². The number of rotatable bonds is 7. The molecule has 0 fully saturated rings. The van der Waals surface area contributed by atoms with Crippen LogP contribution in [0.2, 0.25) is 0 Å². The third kappa shape index (κ3) is 5.39. The molecular formula is C27H30N6. The van der Waals surface area contributed by atoms with Crippen molar-refractivity contribution in [2.24, 2.45) is 5.41 Å². The monoisotopic (exact) mass is 438 g/mol. The van der Waals surface area contributed by atoms with Crippen LogP contribution in [0.15, 0.2) is 54.9 Å². The van der Waals surface area contributed by atoms with Gasteiger partial charge >= 0.3 is 0 Å². The summed E-state index contributed by atoms with van der Waals surface area (Å²) in [5.74, 6) is 3.22. The molecule has 0 aliphatic heterocycles. The van der Waals surface area contributed by atoms with Crippen LogP contribution in [0.4, 0.5) is 5.95 Å². The molecule has 0 saturated carbocycles. The first-order valence-corrected chi connectivity index (χ1v) is 11.1. The lowest BCUT2D eigenvalue weighted by Gasteiger charge is -2.18. The fourth-order valence-electron chi connectivity index (χ4n) is 3.55. The Morgan fingerprint density at radius 3 is 2.58 bits per heavy atom. The lowest BCUT2D eigenvalue weighted by atomic mass is 9.97. The minimum Gasteiger partial charge on any atom is -0.354 e. The Morgan fingerprint density at radius 1 is 1.06 bits per heavy atom. The molecule has 2 N–H and O–H groups in total. The van der Waals surface area contributed by atoms with E-state index in [4.69, 9.17) is 16.4 Å². The number of fused-ring (bicyclic) bond motifs is 1. The van der Waals surface area contributed by atoms with Crippen LogP contribution in [0.5, 0.6) is 0 Å². The lowest BCUT2D eigenvalue weighted by molar-refractivity contribution is 0.442. The van der Waals surface area contributed by atoms with Crippen molar-refractivity contribution >= 4 is 11.6 Å². The minimum absolute atomic E-state index is 0.125. The maximum atomic E-state index is 5.36. The molecule has 0 amide bonds. The summed E-state index contributed by atoms with van der Waals surface area (Å²) in [5, 5.41) is 6.60. The Hall–Kier alpha value is -3.69. The average molecular weight is 439 g/mol. The summed E-state index contributed by atoms with van der Waals surface area (Å²) in [6.07, 6.45) is 9.20. The van der Waals surface area contributed by atoms with Crippen LogP contribution in [-0.4, -0.2) is 32.4 Å². The van der Waals surface area contributed by atoms with Crippen LogP contribution in [-0.2, 0) is 6.54 Å². The molecule has 168 valence electrons. The molecule has 6 heteroatoms. The SMILES string of the molecule is C#CCNCc1ccn2c(-c3ccnc(NCC(C)(C)C)n3)c(-c3ccc(C)cc3)nc2c1. The van der Waals surface area contributed by atoms with Crippen molar-refractivity contribution < 1.29 is 0 Å². The second-order valence-corrected chi connectivity index (χ2v) is 9.43. The highest BCUT2D eigenvalue weighted by molar-refractivity contribution is 5.81. The predicted octanol–water partition coefficient (Wildman–Crippen LogP) is 4.95. The van der Waals surface area contributed by atoms with Gasteiger partial charge in [0.15, 0.2) is 0 Å². The van der Waals surface area contributed by atoms with Crippen molar-refractivity contribution in [2.75, 3.05) is 18.4 Å². The molecule has 0 saturated heterocycles. The van der Waals surface area contributed by atoms with Gasteiger partial charge in [0.2, 0.25) is 5.95 Å². The number of imidazole rings is 1. The quantitative estimate of drug-likeness (QED) is 0.316. The molecular weight excluding hydrogens is 408 g/mol. The number of terminal acetylenes is 1. The van der Waals surface area contributed by atoms with Crippen molar-refractivity contribution in [1.29, 1.82) is 0 Å². The minimum atomic E-state index is 0.125. The molecule has 0 spiro atoms. The standard InChI is InChI=1S/C27H30N6/c1-6-13-28-17-20-12-15-33-23(16-20)32-24(21-9-7-19(2)8-10-21)25(33)22-11-14-29-26(31-22)30-18-27(3,4)5/h1,7-12,14-16,28H,13,17-18H2,2-5H3,(H,29,30,31). The van der Waals surface area contributed by atoms with Crippen LogP contribution < -0.4 is 10.6 Å². The zero-order valence-corrected chi connectivity index (χ0v) is 19.7. The molecule has 4 aromatic rings. The van der Waals surface area contributed by atoms with E-state index in [1.807, 2.05) is 12.3 Å². The number of nitrogens with one attached hydrogen (secondary N) is 2. The molecule has 0 bridgehead atoms. The molecule has 6 nitrogen and oxygen atoms in total. The second kappa shape index (κ2) is 9.43. The molecule has 0 aliphatic rings. The fraction of sp³-hybridized carbons (Fsp3) is 0.296. The van der Waals surface area contributed by atoms with Crippen LogP contribution in [0.1, 0.15) is 31.9 Å². The maximum absolute atomic E-state index is 5.36. The van der Waals surface area contributed by atoms with Gasteiger partial charge in [0, 0.05) is 31.0 Å². The maximum Gasteiger partial charge on any atom is 0.223 e. The first-order chi connectivity index (χ1) is 15.8. The van der Waals surface area contributed by atoms with Gasteiger partial charge < -0.3 is 10.6 Å². The average Bonchev–Trinajstić information content (AvgIpc) is 3.17. The smallest absolute Gasteiger partial charge is 0.223 e. The van der Waals surface area contributed by atoms with Crippen LogP contribution in [0.25, 0.3) is 28.3 Å². The molecule has 0 aliphatic carbocycles. The van der Waals surface area contributed by atoms with Crippen molar-refractivity contribution in [3.05, 3.63) is 66.0 Å². The molecule has 0 atom stereocenters. The van der Waals surface area contributed by atoms with E-state index in [-0.39, 0.29) is 5.41 Å². The van der Waals surface area contributed by atoms with Gasteiger partial charge in [-0.15, -0.1) is 6.42 Å². The van der Waals surface area contributed by atoms with Crippen molar-refractivity contribution in [3.8, 4) is 35.0 Å². The zero-order chi connectivity index (χ0) is 23.4. The van der Waals surface area contributed by atoms with Gasteiger partial charge in [-0.1, -0.05) is 56.5 Å². The van der Waals surface area contributed by atoms with Gasteiger partial charge in [-0.25, -0.2) is 15.0 Å². The van der Waals surface area contributed by atoms with E-state index < -0.39 is 0 Å². The second-order valence-electron chi connectivity index (χ2n) is 9.43. The summed E-state index contributed by atoms with van der Waals surface area (Å²) in [6, 6.07) is 14.5. The molecule has 4 rings (SSSR count). The number of benzene rings is 1. The third-order valence-electron chi connectivity index (χ3n) is 5.25. The van der Waals surface area contributed by atoms with Crippen molar-refractivity contribution in [3.63, 3.8) is 0 Å². The van der Waals surface area contributed by atoms with Crippen molar-refractivity contribution in [1.82, 2.24) is 24.7 Å². The normalized spacial score (nSPS) is 11.5. The van der Waals surface area contributed by atoms with E-state index in [9.17, 15) is 0 Å². The highest BCUT2D eigenvalue weighted by Gasteiger charge is 2.18. The summed E-state index contributed by atoms with van der Waals surface area (Å²) in [5.41, 5.74) is 7.03. The summed E-state index contributed by atoms with van der Waals surface area (Å²) in [6.45, 7) is 10.6. The zero-order valence-electron chi connectivity index (χ0n) is 19.7.